The van der Waals surface area contributed by atoms with Crippen LogP contribution in [-0.2, 0) is 14.8 Å². The second-order valence-corrected chi connectivity index (χ2v) is 8.01. The van der Waals surface area contributed by atoms with Gasteiger partial charge < -0.3 is 14.8 Å². The van der Waals surface area contributed by atoms with E-state index in [9.17, 15) is 22.0 Å². The fraction of sp³-hybridized carbons (Fsp3) is 0.235. The van der Waals surface area contributed by atoms with Gasteiger partial charge in [0.15, 0.2) is 0 Å². The second kappa shape index (κ2) is 9.92. The first kappa shape index (κ1) is 22.2. The predicted octanol–water partition coefficient (Wildman–Crippen LogP) is 3.23. The molecule has 2 aromatic rings. The maximum atomic E-state index is 12.5. The molecule has 11 heteroatoms. The number of methoxy groups -OCH3 is 1. The van der Waals surface area contributed by atoms with Crippen molar-refractivity contribution in [2.75, 3.05) is 25.6 Å². The third kappa shape index (κ3) is 6.23. The van der Waals surface area contributed by atoms with Crippen LogP contribution >= 0.6 is 15.9 Å². The van der Waals surface area contributed by atoms with Gasteiger partial charge in [-0.3, -0.25) is 4.79 Å². The summed E-state index contributed by atoms with van der Waals surface area (Å²) in [6, 6.07) is 9.34. The van der Waals surface area contributed by atoms with Crippen molar-refractivity contribution in [3.63, 3.8) is 0 Å². The molecule has 0 aliphatic heterocycles. The van der Waals surface area contributed by atoms with E-state index in [1.165, 1.54) is 49.6 Å². The molecule has 0 spiro atoms. The van der Waals surface area contributed by atoms with Gasteiger partial charge in [-0.1, -0.05) is 0 Å². The van der Waals surface area contributed by atoms with Gasteiger partial charge in [0.2, 0.25) is 10.0 Å². The van der Waals surface area contributed by atoms with E-state index in [-0.39, 0.29) is 29.4 Å². The first-order valence-corrected chi connectivity index (χ1v) is 10.1. The van der Waals surface area contributed by atoms with Gasteiger partial charge in [-0.25, -0.2) is 13.1 Å². The zero-order valence-corrected chi connectivity index (χ0v) is 17.0. The number of rotatable bonds is 9. The lowest BCUT2D eigenvalue weighted by Crippen LogP contribution is -2.27. The number of ether oxygens (including phenoxy) is 2. The number of benzene rings is 2. The van der Waals surface area contributed by atoms with E-state index in [2.05, 4.69) is 30.7 Å². The van der Waals surface area contributed by atoms with Crippen LogP contribution in [0.3, 0.4) is 0 Å². The monoisotopic (exact) mass is 478 g/mol. The van der Waals surface area contributed by atoms with Crippen LogP contribution in [0.25, 0.3) is 0 Å². The van der Waals surface area contributed by atoms with E-state index in [0.717, 1.165) is 0 Å². The summed E-state index contributed by atoms with van der Waals surface area (Å²) in [4.78, 5) is 12.4. The molecule has 0 saturated heterocycles. The van der Waals surface area contributed by atoms with Gasteiger partial charge in [-0.15, -0.1) is 0 Å². The standard InChI is InChI=1S/C17H17BrF2N2O5S/c1-26-9-8-21-28(24,25)13-6-7-15(18)14(10-13)16(23)22-11-2-4-12(5-3-11)27-17(19)20/h2-7,10,17,21H,8-9H2,1H3,(H,22,23). The van der Waals surface area contributed by atoms with Crippen molar-refractivity contribution in [2.24, 2.45) is 0 Å². The maximum Gasteiger partial charge on any atom is 0.387 e. The first-order valence-electron chi connectivity index (χ1n) is 7.87. The van der Waals surface area contributed by atoms with Crippen molar-refractivity contribution in [1.29, 1.82) is 0 Å². The van der Waals surface area contributed by atoms with Gasteiger partial charge in [0.25, 0.3) is 5.91 Å². The van der Waals surface area contributed by atoms with Gasteiger partial charge in [-0.05, 0) is 58.4 Å². The van der Waals surface area contributed by atoms with Crippen molar-refractivity contribution < 1.29 is 31.5 Å². The Hall–Kier alpha value is -2.08. The van der Waals surface area contributed by atoms with Gasteiger partial charge >= 0.3 is 6.61 Å². The van der Waals surface area contributed by atoms with E-state index < -0.39 is 22.5 Å². The molecule has 0 atom stereocenters. The minimum Gasteiger partial charge on any atom is -0.435 e. The number of hydrogen-bond acceptors (Lipinski definition) is 5. The van der Waals surface area contributed by atoms with E-state index >= 15 is 0 Å². The number of nitrogens with one attached hydrogen (secondary N) is 2. The summed E-state index contributed by atoms with van der Waals surface area (Å²) in [5.41, 5.74) is 0.410. The zero-order chi connectivity index (χ0) is 20.7. The predicted molar refractivity (Wildman–Crippen MR) is 102 cm³/mol. The molecular formula is C17H17BrF2N2O5S. The Bertz CT molecular complexity index is 924. The molecule has 0 radical (unpaired) electrons. The Morgan fingerprint density at radius 3 is 2.46 bits per heavy atom. The molecular weight excluding hydrogens is 462 g/mol. The Morgan fingerprint density at radius 1 is 1.18 bits per heavy atom. The van der Waals surface area contributed by atoms with Crippen LogP contribution in [0, 0.1) is 0 Å². The highest BCUT2D eigenvalue weighted by Crippen LogP contribution is 2.23. The van der Waals surface area contributed by atoms with Crippen LogP contribution in [0.2, 0.25) is 0 Å². The minimum atomic E-state index is -3.81. The van der Waals surface area contributed by atoms with Crippen molar-refractivity contribution >= 4 is 37.5 Å². The smallest absolute Gasteiger partial charge is 0.387 e. The lowest BCUT2D eigenvalue weighted by Gasteiger charge is -2.11. The molecule has 1 amide bonds. The average Bonchev–Trinajstić information content (AvgIpc) is 2.63. The zero-order valence-electron chi connectivity index (χ0n) is 14.6. The van der Waals surface area contributed by atoms with E-state index in [0.29, 0.717) is 10.2 Å². The molecule has 0 saturated carbocycles. The third-order valence-corrected chi connectivity index (χ3v) is 5.58. The number of alkyl halides is 2. The molecule has 0 aliphatic rings. The highest BCUT2D eigenvalue weighted by Gasteiger charge is 2.18. The van der Waals surface area contributed by atoms with Crippen LogP contribution < -0.4 is 14.8 Å². The highest BCUT2D eigenvalue weighted by atomic mass is 79.9. The molecule has 0 heterocycles. The van der Waals surface area contributed by atoms with Crippen molar-refractivity contribution in [3.05, 3.63) is 52.5 Å². The number of carbonyl (C=O) groups excluding carboxylic acids is 1. The van der Waals surface area contributed by atoms with Gasteiger partial charge in [-0.2, -0.15) is 8.78 Å². The lowest BCUT2D eigenvalue weighted by atomic mass is 10.2. The van der Waals surface area contributed by atoms with E-state index in [4.69, 9.17) is 4.74 Å². The Balaban J connectivity index is 2.16. The molecule has 0 bridgehead atoms. The third-order valence-electron chi connectivity index (χ3n) is 3.43. The summed E-state index contributed by atoms with van der Waals surface area (Å²) in [6.07, 6.45) is 0. The van der Waals surface area contributed by atoms with Crippen LogP contribution in [0.1, 0.15) is 10.4 Å². The topological polar surface area (TPSA) is 93.7 Å². The largest absolute Gasteiger partial charge is 0.435 e. The van der Waals surface area contributed by atoms with Crippen LogP contribution in [0.5, 0.6) is 5.75 Å². The minimum absolute atomic E-state index is 0.0515. The van der Waals surface area contributed by atoms with Crippen LogP contribution in [0.4, 0.5) is 14.5 Å². The van der Waals surface area contributed by atoms with Crippen LogP contribution in [0.15, 0.2) is 51.8 Å². The van der Waals surface area contributed by atoms with Gasteiger partial charge in [0, 0.05) is 23.8 Å². The fourth-order valence-corrected chi connectivity index (χ4v) is 3.59. The summed E-state index contributed by atoms with van der Waals surface area (Å²) in [5.74, 6) is -0.632. The highest BCUT2D eigenvalue weighted by molar-refractivity contribution is 9.10. The second-order valence-electron chi connectivity index (χ2n) is 5.39. The molecule has 2 rings (SSSR count). The molecule has 0 unspecified atom stereocenters. The molecule has 0 aliphatic carbocycles. The number of halogens is 3. The summed E-state index contributed by atoms with van der Waals surface area (Å²) >= 11 is 3.21. The molecule has 0 aromatic heterocycles. The Kier molecular flexibility index (Phi) is 7.87. The Labute approximate surface area is 169 Å². The number of carbonyl (C=O) groups is 1. The number of amides is 1. The van der Waals surface area contributed by atoms with Crippen molar-refractivity contribution in [3.8, 4) is 5.75 Å². The van der Waals surface area contributed by atoms with Crippen molar-refractivity contribution in [2.45, 2.75) is 11.5 Å². The molecule has 7 nitrogen and oxygen atoms in total. The maximum absolute atomic E-state index is 12.5. The van der Waals surface area contributed by atoms with E-state index in [1.54, 1.807) is 0 Å². The number of anilines is 1. The molecule has 2 aromatic carbocycles. The molecule has 152 valence electrons. The average molecular weight is 479 g/mol. The normalized spacial score (nSPS) is 11.5. The first-order chi connectivity index (χ1) is 13.2. The van der Waals surface area contributed by atoms with E-state index in [1.807, 2.05) is 0 Å². The van der Waals surface area contributed by atoms with Crippen molar-refractivity contribution in [1.82, 2.24) is 4.72 Å². The van der Waals surface area contributed by atoms with Gasteiger partial charge in [0.1, 0.15) is 5.75 Å². The molecule has 28 heavy (non-hydrogen) atoms. The Morgan fingerprint density at radius 2 is 1.86 bits per heavy atom. The summed E-state index contributed by atoms with van der Waals surface area (Å²) < 4.78 is 60.7. The van der Waals surface area contributed by atoms with Crippen LogP contribution in [-0.4, -0.2) is 41.2 Å². The summed E-state index contributed by atoms with van der Waals surface area (Å²) in [6.45, 7) is -2.66. The summed E-state index contributed by atoms with van der Waals surface area (Å²) in [7, 11) is -2.37. The van der Waals surface area contributed by atoms with Gasteiger partial charge in [0.05, 0.1) is 17.1 Å². The fourth-order valence-electron chi connectivity index (χ4n) is 2.13. The number of hydrogen-bond donors (Lipinski definition) is 2. The lowest BCUT2D eigenvalue weighted by molar-refractivity contribution is -0.0498. The molecule has 0 fully saturated rings. The molecule has 2 N–H and O–H groups in total. The number of sulfonamides is 1. The SMILES string of the molecule is COCCNS(=O)(=O)c1ccc(Br)c(C(=O)Nc2ccc(OC(F)F)cc2)c1. The summed E-state index contributed by atoms with van der Waals surface area (Å²) in [5, 5.41) is 2.56. The quantitative estimate of drug-likeness (QED) is 0.539.